The third kappa shape index (κ3) is 6.03. The van der Waals surface area contributed by atoms with E-state index in [1.165, 1.54) is 34.2 Å². The van der Waals surface area contributed by atoms with Gasteiger partial charge in [-0.3, -0.25) is 4.79 Å². The zero-order valence-corrected chi connectivity index (χ0v) is 14.7. The molecule has 1 heterocycles. The maximum Gasteiger partial charge on any atom is 0.230 e. The van der Waals surface area contributed by atoms with E-state index in [0.29, 0.717) is 18.8 Å². The van der Waals surface area contributed by atoms with Crippen molar-refractivity contribution in [3.63, 3.8) is 0 Å². The van der Waals surface area contributed by atoms with Crippen LogP contribution >= 0.6 is 23.1 Å². The number of amides is 1. The van der Waals surface area contributed by atoms with Gasteiger partial charge in [0.25, 0.3) is 0 Å². The standard InChI is InChI=1S/C16H20N4OS2/c1-3-9-18-15-19-20-16(23-15)22-11-14(21)17-10-8-13-7-5-4-6-12(13)2/h3-7H,1,8-11H2,2H3,(H,17,21)(H,18,19). The first-order chi connectivity index (χ1) is 11.2. The largest absolute Gasteiger partial charge is 0.357 e. The van der Waals surface area contributed by atoms with Crippen LogP contribution in [0.1, 0.15) is 11.1 Å². The van der Waals surface area contributed by atoms with Crippen molar-refractivity contribution in [1.82, 2.24) is 15.5 Å². The number of hydrogen-bond acceptors (Lipinski definition) is 6. The molecule has 0 spiro atoms. The van der Waals surface area contributed by atoms with Gasteiger partial charge < -0.3 is 10.6 Å². The van der Waals surface area contributed by atoms with Crippen LogP contribution in [0.5, 0.6) is 0 Å². The maximum atomic E-state index is 11.9. The van der Waals surface area contributed by atoms with Crippen LogP contribution in [0.25, 0.3) is 0 Å². The Morgan fingerprint density at radius 1 is 1.39 bits per heavy atom. The second kappa shape index (κ2) is 9.32. The van der Waals surface area contributed by atoms with Gasteiger partial charge >= 0.3 is 0 Å². The minimum atomic E-state index is 0.0133. The van der Waals surface area contributed by atoms with E-state index in [0.717, 1.165) is 15.9 Å². The third-order valence-corrected chi connectivity index (χ3v) is 5.12. The van der Waals surface area contributed by atoms with Gasteiger partial charge in [-0.2, -0.15) is 0 Å². The second-order valence-corrected chi connectivity index (χ2v) is 7.06. The van der Waals surface area contributed by atoms with Gasteiger partial charge in [-0.15, -0.1) is 16.8 Å². The van der Waals surface area contributed by atoms with Crippen molar-refractivity contribution in [2.45, 2.75) is 17.7 Å². The normalized spacial score (nSPS) is 10.3. The van der Waals surface area contributed by atoms with E-state index in [4.69, 9.17) is 0 Å². The van der Waals surface area contributed by atoms with E-state index in [1.807, 2.05) is 12.1 Å². The molecule has 122 valence electrons. The quantitative estimate of drug-likeness (QED) is 0.539. The Hall–Kier alpha value is -1.86. The molecule has 0 unspecified atom stereocenters. The molecule has 0 fully saturated rings. The zero-order valence-electron chi connectivity index (χ0n) is 13.0. The van der Waals surface area contributed by atoms with Crippen LogP contribution in [0, 0.1) is 6.92 Å². The molecule has 7 heteroatoms. The SMILES string of the molecule is C=CCNc1nnc(SCC(=O)NCCc2ccccc2C)s1. The molecular formula is C16H20N4OS2. The minimum Gasteiger partial charge on any atom is -0.357 e. The lowest BCUT2D eigenvalue weighted by atomic mass is 10.1. The predicted molar refractivity (Wildman–Crippen MR) is 97.2 cm³/mol. The van der Waals surface area contributed by atoms with Crippen molar-refractivity contribution in [2.24, 2.45) is 0 Å². The number of rotatable bonds is 9. The molecule has 0 radical (unpaired) electrons. The van der Waals surface area contributed by atoms with E-state index < -0.39 is 0 Å². The summed E-state index contributed by atoms with van der Waals surface area (Å²) in [5.74, 6) is 0.364. The molecule has 5 nitrogen and oxygen atoms in total. The second-order valence-electron chi connectivity index (χ2n) is 4.86. The van der Waals surface area contributed by atoms with Crippen LogP contribution < -0.4 is 10.6 Å². The van der Waals surface area contributed by atoms with Crippen molar-refractivity contribution in [3.05, 3.63) is 48.0 Å². The van der Waals surface area contributed by atoms with Crippen LogP contribution in [-0.4, -0.2) is 34.9 Å². The summed E-state index contributed by atoms with van der Waals surface area (Å²) in [5, 5.41) is 14.8. The summed E-state index contributed by atoms with van der Waals surface area (Å²) in [7, 11) is 0. The lowest BCUT2D eigenvalue weighted by molar-refractivity contribution is -0.118. The summed E-state index contributed by atoms with van der Waals surface area (Å²) in [6.07, 6.45) is 2.60. The van der Waals surface area contributed by atoms with Crippen LogP contribution in [0.15, 0.2) is 41.3 Å². The minimum absolute atomic E-state index is 0.0133. The Labute approximate surface area is 144 Å². The highest BCUT2D eigenvalue weighted by Crippen LogP contribution is 2.24. The highest BCUT2D eigenvalue weighted by atomic mass is 32.2. The molecule has 2 N–H and O–H groups in total. The number of aromatic nitrogens is 2. The lowest BCUT2D eigenvalue weighted by Gasteiger charge is -2.06. The molecule has 0 bridgehead atoms. The molecule has 1 aromatic carbocycles. The smallest absolute Gasteiger partial charge is 0.230 e. The van der Waals surface area contributed by atoms with Gasteiger partial charge in [0.15, 0.2) is 4.34 Å². The number of thioether (sulfide) groups is 1. The molecule has 0 saturated carbocycles. The fourth-order valence-electron chi connectivity index (χ4n) is 1.90. The number of anilines is 1. The number of aryl methyl sites for hydroxylation is 1. The predicted octanol–water partition coefficient (Wildman–Crippen LogP) is 2.90. The Bertz CT molecular complexity index is 657. The van der Waals surface area contributed by atoms with Crippen molar-refractivity contribution < 1.29 is 4.79 Å². The number of carbonyl (C=O) groups excluding carboxylic acids is 1. The number of nitrogens with zero attached hydrogens (tertiary/aromatic N) is 2. The molecule has 0 atom stereocenters. The van der Waals surface area contributed by atoms with Gasteiger partial charge in [0.05, 0.1) is 5.75 Å². The zero-order chi connectivity index (χ0) is 16.5. The van der Waals surface area contributed by atoms with E-state index in [2.05, 4.69) is 46.5 Å². The topological polar surface area (TPSA) is 66.9 Å². The molecule has 2 aromatic rings. The van der Waals surface area contributed by atoms with Gasteiger partial charge in [-0.25, -0.2) is 0 Å². The van der Waals surface area contributed by atoms with Gasteiger partial charge in [0.2, 0.25) is 11.0 Å². The van der Waals surface area contributed by atoms with Crippen LogP contribution in [0.4, 0.5) is 5.13 Å². The summed E-state index contributed by atoms with van der Waals surface area (Å²) < 4.78 is 0.783. The van der Waals surface area contributed by atoms with Gasteiger partial charge in [0, 0.05) is 13.1 Å². The third-order valence-electron chi connectivity index (χ3n) is 3.11. The number of carbonyl (C=O) groups is 1. The summed E-state index contributed by atoms with van der Waals surface area (Å²) in [4.78, 5) is 11.9. The van der Waals surface area contributed by atoms with E-state index in [-0.39, 0.29) is 5.91 Å². The van der Waals surface area contributed by atoms with Gasteiger partial charge in [-0.1, -0.05) is 53.4 Å². The molecule has 1 amide bonds. The van der Waals surface area contributed by atoms with Crippen molar-refractivity contribution >= 4 is 34.1 Å². The van der Waals surface area contributed by atoms with E-state index in [9.17, 15) is 4.79 Å². The highest BCUT2D eigenvalue weighted by Gasteiger charge is 2.07. The average molecular weight is 348 g/mol. The molecule has 0 aliphatic carbocycles. The first-order valence-corrected chi connectivity index (χ1v) is 9.11. The summed E-state index contributed by atoms with van der Waals surface area (Å²) >= 11 is 2.84. The van der Waals surface area contributed by atoms with Crippen molar-refractivity contribution in [1.29, 1.82) is 0 Å². The number of nitrogens with one attached hydrogen (secondary N) is 2. The van der Waals surface area contributed by atoms with Crippen LogP contribution in [0.2, 0.25) is 0 Å². The molecule has 0 aliphatic rings. The van der Waals surface area contributed by atoms with E-state index in [1.54, 1.807) is 6.08 Å². The van der Waals surface area contributed by atoms with Crippen molar-refractivity contribution in [3.8, 4) is 0 Å². The molecule has 0 aliphatic heterocycles. The Kier molecular flexibility index (Phi) is 7.09. The molecular weight excluding hydrogens is 328 g/mol. The first kappa shape index (κ1) is 17.5. The monoisotopic (exact) mass is 348 g/mol. The fourth-order valence-corrected chi connectivity index (χ4v) is 3.49. The number of hydrogen-bond donors (Lipinski definition) is 2. The Morgan fingerprint density at radius 3 is 3.00 bits per heavy atom. The molecule has 2 rings (SSSR count). The van der Waals surface area contributed by atoms with Crippen LogP contribution in [-0.2, 0) is 11.2 Å². The molecule has 1 aromatic heterocycles. The first-order valence-electron chi connectivity index (χ1n) is 7.31. The molecule has 0 saturated heterocycles. The Balaban J connectivity index is 1.68. The summed E-state index contributed by atoms with van der Waals surface area (Å²) in [6, 6.07) is 8.22. The molecule has 23 heavy (non-hydrogen) atoms. The van der Waals surface area contributed by atoms with E-state index >= 15 is 0 Å². The number of benzene rings is 1. The van der Waals surface area contributed by atoms with Crippen LogP contribution in [0.3, 0.4) is 0 Å². The Morgan fingerprint density at radius 2 is 2.22 bits per heavy atom. The van der Waals surface area contributed by atoms with Crippen molar-refractivity contribution in [2.75, 3.05) is 24.2 Å². The maximum absolute atomic E-state index is 11.9. The summed E-state index contributed by atoms with van der Waals surface area (Å²) in [5.41, 5.74) is 2.52. The van der Waals surface area contributed by atoms with Gasteiger partial charge in [0.1, 0.15) is 0 Å². The fraction of sp³-hybridized carbons (Fsp3) is 0.312. The average Bonchev–Trinajstić information content (AvgIpc) is 3.01. The van der Waals surface area contributed by atoms with Gasteiger partial charge in [-0.05, 0) is 24.5 Å². The summed E-state index contributed by atoms with van der Waals surface area (Å²) in [6.45, 7) is 7.01. The lowest BCUT2D eigenvalue weighted by Crippen LogP contribution is -2.27. The highest BCUT2D eigenvalue weighted by molar-refractivity contribution is 8.01.